The van der Waals surface area contributed by atoms with Crippen LogP contribution in [0.15, 0.2) is 36.8 Å². The van der Waals surface area contributed by atoms with Crippen molar-refractivity contribution < 1.29 is 17.9 Å². The van der Waals surface area contributed by atoms with E-state index in [4.69, 9.17) is 0 Å². The molecule has 2 aromatic rings. The van der Waals surface area contributed by atoms with Crippen molar-refractivity contribution in [2.75, 3.05) is 32.7 Å². The molecule has 1 aliphatic heterocycles. The maximum absolute atomic E-state index is 12.3. The zero-order chi connectivity index (χ0) is 22.8. The Balaban J connectivity index is 1.37. The van der Waals surface area contributed by atoms with Gasteiger partial charge in [-0.3, -0.25) is 4.90 Å². The van der Waals surface area contributed by atoms with Gasteiger partial charge in [-0.05, 0) is 88.3 Å². The van der Waals surface area contributed by atoms with Gasteiger partial charge in [0.1, 0.15) is 5.75 Å². The maximum Gasteiger partial charge on any atom is 0.573 e. The van der Waals surface area contributed by atoms with Crippen LogP contribution in [-0.2, 0) is 13.0 Å². The second-order valence-corrected chi connectivity index (χ2v) is 8.75. The summed E-state index contributed by atoms with van der Waals surface area (Å²) < 4.78 is 41.0. The van der Waals surface area contributed by atoms with Crippen molar-refractivity contribution in [3.63, 3.8) is 0 Å². The van der Waals surface area contributed by atoms with Crippen LogP contribution in [-0.4, -0.2) is 58.9 Å². The second-order valence-electron chi connectivity index (χ2n) is 8.75. The number of likely N-dealkylation sites (tertiary alicyclic amines) is 1. The number of piperidine rings is 1. The van der Waals surface area contributed by atoms with Crippen molar-refractivity contribution in [3.05, 3.63) is 48.0 Å². The molecule has 1 aromatic carbocycles. The topological polar surface area (TPSA) is 44.4 Å². The van der Waals surface area contributed by atoms with E-state index >= 15 is 0 Å². The number of nitrogens with zero attached hydrogens (tertiary/aromatic N) is 3. The highest BCUT2D eigenvalue weighted by atomic mass is 19.4. The molecule has 1 saturated heterocycles. The van der Waals surface area contributed by atoms with Gasteiger partial charge < -0.3 is 14.6 Å². The number of aromatic amines is 1. The molecule has 2 heterocycles. The van der Waals surface area contributed by atoms with Crippen LogP contribution in [0.4, 0.5) is 13.2 Å². The average Bonchev–Trinajstić information content (AvgIpc) is 3.26. The number of H-pyrrole nitrogens is 1. The highest BCUT2D eigenvalue weighted by molar-refractivity contribution is 5.27. The SMILES string of the molecule is CCCN(Cc1ccc(OC(F)(F)F)cc1)CC1CCN(CCCCc2cnc[nH]2)CC1. The average molecular weight is 453 g/mol. The molecule has 8 heteroatoms. The van der Waals surface area contributed by atoms with Crippen LogP contribution in [0.25, 0.3) is 0 Å². The summed E-state index contributed by atoms with van der Waals surface area (Å²) in [6, 6.07) is 6.26. The number of ether oxygens (including phenoxy) is 1. The van der Waals surface area contributed by atoms with Gasteiger partial charge in [-0.15, -0.1) is 13.2 Å². The van der Waals surface area contributed by atoms with Gasteiger partial charge in [0.15, 0.2) is 0 Å². The Morgan fingerprint density at radius 3 is 2.53 bits per heavy atom. The van der Waals surface area contributed by atoms with E-state index in [2.05, 4.69) is 31.4 Å². The van der Waals surface area contributed by atoms with Crippen molar-refractivity contribution in [1.82, 2.24) is 19.8 Å². The van der Waals surface area contributed by atoms with Crippen molar-refractivity contribution in [1.29, 1.82) is 0 Å². The van der Waals surface area contributed by atoms with Gasteiger partial charge in [-0.25, -0.2) is 4.98 Å². The first-order chi connectivity index (χ1) is 15.4. The third kappa shape index (κ3) is 8.82. The Morgan fingerprint density at radius 1 is 1.16 bits per heavy atom. The smallest absolute Gasteiger partial charge is 0.406 e. The second kappa shape index (κ2) is 12.3. The number of benzene rings is 1. The number of hydrogen-bond donors (Lipinski definition) is 1. The lowest BCUT2D eigenvalue weighted by atomic mass is 9.95. The Hall–Kier alpha value is -2.06. The largest absolute Gasteiger partial charge is 0.573 e. The number of nitrogens with one attached hydrogen (secondary N) is 1. The molecule has 0 atom stereocenters. The van der Waals surface area contributed by atoms with E-state index in [0.29, 0.717) is 5.92 Å². The molecule has 0 bridgehead atoms. The number of aryl methyl sites for hydroxylation is 1. The Bertz CT molecular complexity index is 757. The number of imidazole rings is 1. The van der Waals surface area contributed by atoms with E-state index < -0.39 is 6.36 Å². The Morgan fingerprint density at radius 2 is 1.91 bits per heavy atom. The minimum absolute atomic E-state index is 0.166. The van der Waals surface area contributed by atoms with Gasteiger partial charge in [-0.1, -0.05) is 19.1 Å². The molecule has 0 radical (unpaired) electrons. The minimum Gasteiger partial charge on any atom is -0.406 e. The van der Waals surface area contributed by atoms with Crippen molar-refractivity contribution in [2.45, 2.75) is 58.4 Å². The number of unbranched alkanes of at least 4 members (excludes halogenated alkanes) is 1. The first-order valence-electron chi connectivity index (χ1n) is 11.7. The number of halogens is 3. The van der Waals surface area contributed by atoms with Gasteiger partial charge in [0, 0.05) is 25.0 Å². The van der Waals surface area contributed by atoms with Gasteiger partial charge in [0.2, 0.25) is 0 Å². The van der Waals surface area contributed by atoms with Crippen molar-refractivity contribution >= 4 is 0 Å². The zero-order valence-corrected chi connectivity index (χ0v) is 18.9. The zero-order valence-electron chi connectivity index (χ0n) is 18.9. The van der Waals surface area contributed by atoms with E-state index in [1.165, 1.54) is 43.5 Å². The molecule has 1 fully saturated rings. The molecule has 0 aliphatic carbocycles. The summed E-state index contributed by atoms with van der Waals surface area (Å²) in [7, 11) is 0. The lowest BCUT2D eigenvalue weighted by molar-refractivity contribution is -0.274. The number of alkyl halides is 3. The number of aromatic nitrogens is 2. The standard InChI is InChI=1S/C24H35F3N4O/c1-2-12-31(17-20-6-8-23(9-7-20)32-24(25,26)27)18-21-10-14-30(15-11-21)13-4-3-5-22-16-28-19-29-22/h6-9,16,19,21H,2-5,10-15,17-18H2,1H3,(H,28,29). The van der Waals surface area contributed by atoms with E-state index in [9.17, 15) is 13.2 Å². The van der Waals surface area contributed by atoms with Crippen LogP contribution in [0.5, 0.6) is 5.75 Å². The normalized spacial score (nSPS) is 16.0. The van der Waals surface area contributed by atoms with Gasteiger partial charge in [0.25, 0.3) is 0 Å². The molecule has 0 unspecified atom stereocenters. The molecule has 0 saturated carbocycles. The molecule has 0 amide bonds. The molecule has 178 valence electrons. The van der Waals surface area contributed by atoms with Crippen LogP contribution >= 0.6 is 0 Å². The molecule has 32 heavy (non-hydrogen) atoms. The molecule has 0 spiro atoms. The Kier molecular flexibility index (Phi) is 9.41. The van der Waals surface area contributed by atoms with Crippen LogP contribution in [0.3, 0.4) is 0 Å². The minimum atomic E-state index is -4.65. The van der Waals surface area contributed by atoms with Crippen LogP contribution < -0.4 is 4.74 Å². The summed E-state index contributed by atoms with van der Waals surface area (Å²) in [5.41, 5.74) is 2.23. The third-order valence-electron chi connectivity index (χ3n) is 6.05. The Labute approximate surface area is 189 Å². The number of hydrogen-bond acceptors (Lipinski definition) is 4. The van der Waals surface area contributed by atoms with Gasteiger partial charge in [-0.2, -0.15) is 0 Å². The number of rotatable bonds is 12. The molecule has 1 aliphatic rings. The highest BCUT2D eigenvalue weighted by Gasteiger charge is 2.31. The quantitative estimate of drug-likeness (QED) is 0.447. The molecule has 3 rings (SSSR count). The van der Waals surface area contributed by atoms with Gasteiger partial charge in [0.05, 0.1) is 6.33 Å². The molecular weight excluding hydrogens is 417 g/mol. The van der Waals surface area contributed by atoms with Crippen molar-refractivity contribution in [3.8, 4) is 5.75 Å². The third-order valence-corrected chi connectivity index (χ3v) is 6.05. The van der Waals surface area contributed by atoms with Crippen LogP contribution in [0.1, 0.15) is 50.3 Å². The monoisotopic (exact) mass is 452 g/mol. The molecular formula is C24H35F3N4O. The van der Waals surface area contributed by atoms with Crippen LogP contribution in [0, 0.1) is 5.92 Å². The fourth-order valence-electron chi connectivity index (χ4n) is 4.44. The van der Waals surface area contributed by atoms with E-state index in [1.54, 1.807) is 18.5 Å². The predicted octanol–water partition coefficient (Wildman–Crippen LogP) is 5.26. The summed E-state index contributed by atoms with van der Waals surface area (Å²) in [6.07, 6.45) is 5.91. The molecule has 5 nitrogen and oxygen atoms in total. The summed E-state index contributed by atoms with van der Waals surface area (Å²) in [5, 5.41) is 0. The summed E-state index contributed by atoms with van der Waals surface area (Å²) in [5.74, 6) is 0.510. The van der Waals surface area contributed by atoms with E-state index in [-0.39, 0.29) is 5.75 Å². The van der Waals surface area contributed by atoms with Gasteiger partial charge >= 0.3 is 6.36 Å². The first kappa shape index (κ1) is 24.6. The lowest BCUT2D eigenvalue weighted by Crippen LogP contribution is -2.39. The summed E-state index contributed by atoms with van der Waals surface area (Å²) >= 11 is 0. The highest BCUT2D eigenvalue weighted by Crippen LogP contribution is 2.24. The molecule has 1 aromatic heterocycles. The fraction of sp³-hybridized carbons (Fsp3) is 0.625. The first-order valence-corrected chi connectivity index (χ1v) is 11.7. The van der Waals surface area contributed by atoms with E-state index in [0.717, 1.165) is 57.7 Å². The summed E-state index contributed by atoms with van der Waals surface area (Å²) in [4.78, 5) is 12.2. The lowest BCUT2D eigenvalue weighted by Gasteiger charge is -2.35. The molecule has 1 N–H and O–H groups in total. The van der Waals surface area contributed by atoms with E-state index in [1.807, 2.05) is 6.20 Å². The van der Waals surface area contributed by atoms with Crippen molar-refractivity contribution in [2.24, 2.45) is 5.92 Å². The predicted molar refractivity (Wildman–Crippen MR) is 119 cm³/mol. The summed E-state index contributed by atoms with van der Waals surface area (Å²) in [6.45, 7) is 8.42. The van der Waals surface area contributed by atoms with Crippen LogP contribution in [0.2, 0.25) is 0 Å². The maximum atomic E-state index is 12.3. The fourth-order valence-corrected chi connectivity index (χ4v) is 4.44.